The smallest absolute Gasteiger partial charge is 0.248 e. The predicted octanol–water partition coefficient (Wildman–Crippen LogP) is 4.26. The number of anilines is 1. The second-order valence-electron chi connectivity index (χ2n) is 12.0. The molecule has 5 heterocycles. The Bertz CT molecular complexity index is 1890. The molecule has 1 aromatic carbocycles. The first-order valence-electron chi connectivity index (χ1n) is 15.1. The molecule has 0 radical (unpaired) electrons. The normalized spacial score (nSPS) is 23.5. The van der Waals surface area contributed by atoms with Crippen LogP contribution in [0.3, 0.4) is 0 Å². The number of likely N-dealkylation sites (tertiary alicyclic amines) is 1. The van der Waals surface area contributed by atoms with Crippen molar-refractivity contribution < 1.29 is 23.9 Å². The summed E-state index contributed by atoms with van der Waals surface area (Å²) in [5.74, 6) is 0.254. The summed E-state index contributed by atoms with van der Waals surface area (Å²) in [4.78, 5) is 55.5. The maximum atomic E-state index is 14.2. The van der Waals surface area contributed by atoms with Gasteiger partial charge in [-0.25, -0.2) is 15.0 Å². The molecule has 2 aliphatic heterocycles. The highest BCUT2D eigenvalue weighted by Crippen LogP contribution is 2.60. The summed E-state index contributed by atoms with van der Waals surface area (Å²) in [6.07, 6.45) is 8.50. The van der Waals surface area contributed by atoms with Gasteiger partial charge < -0.3 is 19.7 Å². The first-order valence-corrected chi connectivity index (χ1v) is 15.9. The fraction of sp³-hybridized carbons (Fsp3) is 0.364. The molecule has 12 nitrogen and oxygen atoms in total. The molecular formula is C33H32BrN7O5. The zero-order valence-electron chi connectivity index (χ0n) is 25.4. The van der Waals surface area contributed by atoms with Crippen LogP contribution in [-0.2, 0) is 32.2 Å². The van der Waals surface area contributed by atoms with Crippen LogP contribution in [0, 0.1) is 12.3 Å². The lowest BCUT2D eigenvalue weighted by molar-refractivity contribution is -0.138. The van der Waals surface area contributed by atoms with Crippen molar-refractivity contribution in [1.29, 1.82) is 0 Å². The first-order chi connectivity index (χ1) is 22.2. The third kappa shape index (κ3) is 5.74. The van der Waals surface area contributed by atoms with Crippen LogP contribution in [0.1, 0.15) is 41.6 Å². The number of fused-ring (bicyclic) bond motifs is 3. The highest BCUT2D eigenvalue weighted by atomic mass is 79.9. The lowest BCUT2D eigenvalue weighted by Gasteiger charge is -2.27. The number of carbonyl (C=O) groups is 3. The SMILES string of the molecule is CC(=O)c1nn(CC(=O)N2[C@H]3C[C@@]4(COC/C=C/COCc5ccc(Br)nc5NC3=O)C[C@@H]24)c2ccc(-c3cnc(C)nc3)cc12. The number of ketones is 1. The van der Waals surface area contributed by atoms with E-state index in [0.717, 1.165) is 23.1 Å². The number of ether oxygens (including phenoxy) is 2. The van der Waals surface area contributed by atoms with E-state index in [2.05, 4.69) is 41.3 Å². The fourth-order valence-electron chi connectivity index (χ4n) is 6.50. The number of nitrogens with zero attached hydrogens (tertiary/aromatic N) is 6. The van der Waals surface area contributed by atoms with Crippen LogP contribution < -0.4 is 5.32 Å². The predicted molar refractivity (Wildman–Crippen MR) is 172 cm³/mol. The van der Waals surface area contributed by atoms with Crippen LogP contribution in [0.4, 0.5) is 5.82 Å². The monoisotopic (exact) mass is 685 g/mol. The van der Waals surface area contributed by atoms with E-state index in [0.29, 0.717) is 53.4 Å². The number of rotatable bonds is 4. The fourth-order valence-corrected chi connectivity index (χ4v) is 6.81. The summed E-state index contributed by atoms with van der Waals surface area (Å²) < 4.78 is 13.9. The molecule has 1 saturated carbocycles. The molecular weight excluding hydrogens is 654 g/mol. The van der Waals surface area contributed by atoms with E-state index in [1.807, 2.05) is 43.3 Å². The number of aromatic nitrogens is 5. The minimum atomic E-state index is -0.729. The van der Waals surface area contributed by atoms with E-state index < -0.39 is 6.04 Å². The second kappa shape index (κ2) is 12.1. The van der Waals surface area contributed by atoms with Gasteiger partial charge in [0.15, 0.2) is 5.78 Å². The number of halogens is 1. The van der Waals surface area contributed by atoms with Gasteiger partial charge in [-0.3, -0.25) is 19.1 Å². The zero-order valence-corrected chi connectivity index (χ0v) is 27.0. The van der Waals surface area contributed by atoms with Crippen molar-refractivity contribution in [3.8, 4) is 11.1 Å². The van der Waals surface area contributed by atoms with Gasteiger partial charge in [0.25, 0.3) is 0 Å². The Morgan fingerprint density at radius 3 is 2.63 bits per heavy atom. The van der Waals surface area contributed by atoms with Gasteiger partial charge in [-0.05, 0) is 59.5 Å². The van der Waals surface area contributed by atoms with E-state index in [4.69, 9.17) is 9.47 Å². The van der Waals surface area contributed by atoms with Gasteiger partial charge in [-0.1, -0.05) is 24.3 Å². The molecule has 1 spiro atoms. The van der Waals surface area contributed by atoms with Crippen LogP contribution in [0.2, 0.25) is 0 Å². The number of benzene rings is 1. The number of carbonyl (C=O) groups excluding carboxylic acids is 3. The van der Waals surface area contributed by atoms with Gasteiger partial charge in [0.1, 0.15) is 34.5 Å². The molecule has 1 N–H and O–H groups in total. The van der Waals surface area contributed by atoms with Gasteiger partial charge in [0.2, 0.25) is 11.8 Å². The van der Waals surface area contributed by atoms with Gasteiger partial charge in [0.05, 0.1) is 31.9 Å². The topological polar surface area (TPSA) is 141 Å². The summed E-state index contributed by atoms with van der Waals surface area (Å²) in [7, 11) is 0. The Kier molecular flexibility index (Phi) is 7.99. The van der Waals surface area contributed by atoms with Gasteiger partial charge in [-0.2, -0.15) is 5.10 Å². The molecule has 236 valence electrons. The summed E-state index contributed by atoms with van der Waals surface area (Å²) >= 11 is 3.40. The van der Waals surface area contributed by atoms with Gasteiger partial charge >= 0.3 is 0 Å². The molecule has 13 heteroatoms. The molecule has 2 amide bonds. The van der Waals surface area contributed by atoms with E-state index in [9.17, 15) is 14.4 Å². The number of nitrogens with one attached hydrogen (secondary N) is 1. The maximum Gasteiger partial charge on any atom is 0.248 e. The molecule has 46 heavy (non-hydrogen) atoms. The standard InChI is InChI=1S/C33H32BrN7O5/c1-19(42)30-24-11-21(23-14-35-20(2)36-15-23)5-7-25(24)40(39-30)16-29(43)41-26-12-33(13-27(33)41)18-46-10-4-3-9-45-17-22-6-8-28(34)37-31(22)38-32(26)44/h3-8,11,14-15,26-27H,9-10,12-13,16-18H2,1-2H3,(H,37,38,44)/b4-3+/t26-,27+,33-/m0/s1. The Hall–Kier alpha value is -4.33. The number of piperidine rings is 1. The minimum absolute atomic E-state index is 0.134. The van der Waals surface area contributed by atoms with Crippen LogP contribution >= 0.6 is 15.9 Å². The van der Waals surface area contributed by atoms with Crippen molar-refractivity contribution in [3.63, 3.8) is 0 Å². The van der Waals surface area contributed by atoms with Crippen molar-refractivity contribution in [2.45, 2.75) is 51.9 Å². The molecule has 3 atom stereocenters. The third-order valence-corrected chi connectivity index (χ3v) is 9.36. The van der Waals surface area contributed by atoms with Gasteiger partial charge in [-0.15, -0.1) is 0 Å². The molecule has 1 saturated heterocycles. The highest BCUT2D eigenvalue weighted by molar-refractivity contribution is 9.10. The zero-order chi connectivity index (χ0) is 32.0. The Balaban J connectivity index is 1.20. The second-order valence-corrected chi connectivity index (χ2v) is 12.9. The van der Waals surface area contributed by atoms with Crippen LogP contribution in [0.5, 0.6) is 0 Å². The van der Waals surface area contributed by atoms with Crippen LogP contribution in [0.25, 0.3) is 22.0 Å². The average Bonchev–Trinajstić information content (AvgIpc) is 3.45. The minimum Gasteiger partial charge on any atom is -0.377 e. The Morgan fingerprint density at radius 1 is 1.07 bits per heavy atom. The van der Waals surface area contributed by atoms with E-state index in [-0.39, 0.29) is 47.9 Å². The lowest BCUT2D eigenvalue weighted by atomic mass is 10.00. The highest BCUT2D eigenvalue weighted by Gasteiger charge is 2.67. The molecule has 4 aromatic rings. The van der Waals surface area contributed by atoms with Crippen LogP contribution in [0.15, 0.2) is 59.5 Å². The van der Waals surface area contributed by atoms with Crippen molar-refractivity contribution in [2.75, 3.05) is 25.1 Å². The summed E-state index contributed by atoms with van der Waals surface area (Å²) in [5.41, 5.74) is 2.97. The van der Waals surface area contributed by atoms with Crippen molar-refractivity contribution in [3.05, 3.63) is 76.6 Å². The number of aryl methyl sites for hydroxylation is 1. The number of Topliss-reactive ketones (excluding diaryl/α,β-unsaturated/α-hetero) is 1. The number of amides is 2. The lowest BCUT2D eigenvalue weighted by Crippen LogP contribution is -2.47. The van der Waals surface area contributed by atoms with E-state index in [1.165, 1.54) is 6.92 Å². The summed E-state index contributed by atoms with van der Waals surface area (Å²) in [6, 6.07) is 8.39. The molecule has 3 aromatic heterocycles. The molecule has 2 bridgehead atoms. The number of hydrogen-bond acceptors (Lipinski definition) is 9. The van der Waals surface area contributed by atoms with Crippen molar-refractivity contribution in [2.24, 2.45) is 5.41 Å². The molecule has 1 aliphatic carbocycles. The molecule has 3 aliphatic rings. The van der Waals surface area contributed by atoms with Crippen molar-refractivity contribution in [1.82, 2.24) is 29.6 Å². The first kappa shape index (κ1) is 30.3. The van der Waals surface area contributed by atoms with Crippen molar-refractivity contribution >= 4 is 50.2 Å². The molecule has 2 fully saturated rings. The maximum absolute atomic E-state index is 14.2. The average molecular weight is 687 g/mol. The van der Waals surface area contributed by atoms with E-state index in [1.54, 1.807) is 28.0 Å². The number of hydrogen-bond donors (Lipinski definition) is 1. The van der Waals surface area contributed by atoms with Gasteiger partial charge in [0, 0.05) is 47.3 Å². The molecule has 7 rings (SSSR count). The number of pyridine rings is 1. The molecule has 0 unspecified atom stereocenters. The quantitative estimate of drug-likeness (QED) is 0.189. The Morgan fingerprint density at radius 2 is 1.85 bits per heavy atom. The summed E-state index contributed by atoms with van der Waals surface area (Å²) in [5, 5.41) is 8.18. The van der Waals surface area contributed by atoms with Crippen LogP contribution in [-0.4, -0.2) is 79.1 Å². The van der Waals surface area contributed by atoms with E-state index >= 15 is 0 Å². The Labute approximate surface area is 273 Å². The summed E-state index contributed by atoms with van der Waals surface area (Å²) in [6.45, 7) is 4.64. The third-order valence-electron chi connectivity index (χ3n) is 8.92. The largest absolute Gasteiger partial charge is 0.377 e.